The van der Waals surface area contributed by atoms with E-state index in [1.807, 2.05) is 17.0 Å². The molecule has 2 aromatic heterocycles. The molecule has 152 valence electrons. The summed E-state index contributed by atoms with van der Waals surface area (Å²) in [6.45, 7) is 2.08. The van der Waals surface area contributed by atoms with Crippen molar-refractivity contribution >= 4 is 51.9 Å². The number of benzene rings is 1. The number of imidazole rings is 1. The van der Waals surface area contributed by atoms with Gasteiger partial charge < -0.3 is 9.88 Å². The number of pyridine rings is 1. The number of nitrogens with one attached hydrogen (secondary N) is 1. The van der Waals surface area contributed by atoms with Gasteiger partial charge in [-0.2, -0.15) is 0 Å². The van der Waals surface area contributed by atoms with E-state index in [2.05, 4.69) is 15.0 Å². The van der Waals surface area contributed by atoms with Crippen molar-refractivity contribution in [1.82, 2.24) is 19.9 Å². The minimum Gasteiger partial charge on any atom is -0.340 e. The largest absolute Gasteiger partial charge is 0.340 e. The minimum atomic E-state index is 0.0414. The van der Waals surface area contributed by atoms with Crippen molar-refractivity contribution in [2.75, 3.05) is 0 Å². The van der Waals surface area contributed by atoms with Crippen LogP contribution in [0, 0.1) is 0 Å². The lowest BCUT2D eigenvalue weighted by atomic mass is 9.84. The Morgan fingerprint density at radius 1 is 1.17 bits per heavy atom. The van der Waals surface area contributed by atoms with Crippen LogP contribution in [-0.4, -0.2) is 31.8 Å². The second kappa shape index (κ2) is 8.50. The molecule has 1 aromatic carbocycles. The van der Waals surface area contributed by atoms with Crippen LogP contribution in [0.3, 0.4) is 0 Å². The molecule has 1 fully saturated rings. The van der Waals surface area contributed by atoms with Crippen molar-refractivity contribution in [3.8, 4) is 0 Å². The fourth-order valence-electron chi connectivity index (χ4n) is 4.11. The van der Waals surface area contributed by atoms with E-state index in [1.54, 1.807) is 25.1 Å². The highest BCUT2D eigenvalue weighted by Crippen LogP contribution is 2.35. The highest BCUT2D eigenvalue weighted by molar-refractivity contribution is 6.35. The summed E-state index contributed by atoms with van der Waals surface area (Å²) in [6, 6.07) is 9.18. The monoisotopic (exact) mass is 450 g/mol. The smallest absolute Gasteiger partial charge is 0.219 e. The number of halogens is 3. The third-order valence-corrected chi connectivity index (χ3v) is 6.36. The normalized spacial score (nSPS) is 19.4. The zero-order chi connectivity index (χ0) is 20.5. The molecule has 0 spiro atoms. The van der Waals surface area contributed by atoms with Crippen LogP contribution < -0.4 is 0 Å². The molecule has 2 heterocycles. The molecule has 0 saturated heterocycles. The summed E-state index contributed by atoms with van der Waals surface area (Å²) in [6.07, 6.45) is 3.86. The Labute approximate surface area is 184 Å². The Balaban J connectivity index is 1.55. The summed E-state index contributed by atoms with van der Waals surface area (Å²) in [5.74, 6) is 1.19. The van der Waals surface area contributed by atoms with Crippen molar-refractivity contribution in [3.63, 3.8) is 0 Å². The summed E-state index contributed by atoms with van der Waals surface area (Å²) in [7, 11) is 0. The number of amides is 1. The molecular weight excluding hydrogens is 431 g/mol. The van der Waals surface area contributed by atoms with Crippen LogP contribution in [0.5, 0.6) is 0 Å². The van der Waals surface area contributed by atoms with Crippen LogP contribution in [0.15, 0.2) is 30.3 Å². The molecular formula is C21H21Cl3N4O. The number of rotatable bonds is 4. The van der Waals surface area contributed by atoms with Gasteiger partial charge in [-0.1, -0.05) is 47.3 Å². The SMILES string of the molecule is CC(=O)N(Cc1ccc(Cl)cc1Cl)C1CCCC(c2nc3nc(Cl)ccc3[nH]2)C1. The molecule has 1 amide bonds. The second-order valence-corrected chi connectivity index (χ2v) is 8.76. The first kappa shape index (κ1) is 20.5. The summed E-state index contributed by atoms with van der Waals surface area (Å²) in [5, 5.41) is 1.60. The fourth-order valence-corrected chi connectivity index (χ4v) is 4.72. The van der Waals surface area contributed by atoms with E-state index >= 15 is 0 Å². The zero-order valence-corrected chi connectivity index (χ0v) is 18.2. The van der Waals surface area contributed by atoms with Gasteiger partial charge >= 0.3 is 0 Å². The van der Waals surface area contributed by atoms with E-state index in [0.29, 0.717) is 27.4 Å². The Kier molecular flexibility index (Phi) is 6.00. The third kappa shape index (κ3) is 4.52. The van der Waals surface area contributed by atoms with E-state index < -0.39 is 0 Å². The van der Waals surface area contributed by atoms with E-state index in [0.717, 1.165) is 42.6 Å². The van der Waals surface area contributed by atoms with Crippen LogP contribution in [0.1, 0.15) is 49.9 Å². The van der Waals surface area contributed by atoms with Gasteiger partial charge in [-0.05, 0) is 49.1 Å². The number of hydrogen-bond donors (Lipinski definition) is 1. The molecule has 29 heavy (non-hydrogen) atoms. The van der Waals surface area contributed by atoms with Gasteiger partial charge in [0.15, 0.2) is 5.65 Å². The number of hydrogen-bond acceptors (Lipinski definition) is 3. The average Bonchev–Trinajstić information content (AvgIpc) is 3.10. The number of carbonyl (C=O) groups is 1. The van der Waals surface area contributed by atoms with Gasteiger partial charge in [0.1, 0.15) is 11.0 Å². The Hall–Kier alpha value is -1.82. The maximum absolute atomic E-state index is 12.5. The second-order valence-electron chi connectivity index (χ2n) is 7.53. The Bertz CT molecular complexity index is 1050. The van der Waals surface area contributed by atoms with Gasteiger partial charge in [-0.15, -0.1) is 0 Å². The quantitative estimate of drug-likeness (QED) is 0.495. The van der Waals surface area contributed by atoms with Gasteiger partial charge in [0, 0.05) is 35.5 Å². The standard InChI is InChI=1S/C21H21Cl3N4O/c1-12(29)28(11-14-5-6-15(22)10-17(14)23)16-4-2-3-13(9-16)20-25-18-7-8-19(24)26-21(18)27-20/h5-8,10,13,16H,2-4,9,11H2,1H3,(H,25,26,27). The predicted molar refractivity (Wildman–Crippen MR) is 117 cm³/mol. The molecule has 1 N–H and O–H groups in total. The topological polar surface area (TPSA) is 61.9 Å². The van der Waals surface area contributed by atoms with Crippen molar-refractivity contribution in [2.45, 2.75) is 51.1 Å². The first-order valence-electron chi connectivity index (χ1n) is 9.64. The lowest BCUT2D eigenvalue weighted by molar-refractivity contribution is -0.132. The maximum atomic E-state index is 12.5. The Morgan fingerprint density at radius 2 is 2.00 bits per heavy atom. The van der Waals surface area contributed by atoms with Crippen LogP contribution in [0.2, 0.25) is 15.2 Å². The summed E-state index contributed by atoms with van der Waals surface area (Å²) < 4.78 is 0. The lowest BCUT2D eigenvalue weighted by Gasteiger charge is -2.37. The van der Waals surface area contributed by atoms with Gasteiger partial charge in [-0.3, -0.25) is 4.79 Å². The number of H-pyrrole nitrogens is 1. The number of aromatic nitrogens is 3. The van der Waals surface area contributed by atoms with Gasteiger partial charge in [0.25, 0.3) is 0 Å². The number of nitrogens with zero attached hydrogens (tertiary/aromatic N) is 3. The van der Waals surface area contributed by atoms with Crippen molar-refractivity contribution in [2.24, 2.45) is 0 Å². The molecule has 2 unspecified atom stereocenters. The molecule has 5 nitrogen and oxygen atoms in total. The van der Waals surface area contributed by atoms with Gasteiger partial charge in [0.2, 0.25) is 5.91 Å². The molecule has 0 bridgehead atoms. The first-order chi connectivity index (χ1) is 13.9. The lowest BCUT2D eigenvalue weighted by Crippen LogP contribution is -2.41. The van der Waals surface area contributed by atoms with Gasteiger partial charge in [0.05, 0.1) is 5.52 Å². The molecule has 1 saturated carbocycles. The van der Waals surface area contributed by atoms with E-state index in [1.165, 1.54) is 0 Å². The van der Waals surface area contributed by atoms with E-state index in [9.17, 15) is 4.79 Å². The molecule has 4 rings (SSSR count). The molecule has 0 aliphatic heterocycles. The predicted octanol–water partition coefficient (Wildman–Crippen LogP) is 5.99. The summed E-state index contributed by atoms with van der Waals surface area (Å²) in [5.41, 5.74) is 2.41. The highest BCUT2D eigenvalue weighted by atomic mass is 35.5. The molecule has 1 aliphatic carbocycles. The Morgan fingerprint density at radius 3 is 2.76 bits per heavy atom. The third-order valence-electron chi connectivity index (χ3n) is 5.56. The van der Waals surface area contributed by atoms with Crippen LogP contribution in [0.4, 0.5) is 0 Å². The van der Waals surface area contributed by atoms with E-state index in [4.69, 9.17) is 34.8 Å². The molecule has 3 aromatic rings. The van der Waals surface area contributed by atoms with Gasteiger partial charge in [-0.25, -0.2) is 9.97 Å². The van der Waals surface area contributed by atoms with Crippen molar-refractivity contribution in [1.29, 1.82) is 0 Å². The highest BCUT2D eigenvalue weighted by Gasteiger charge is 2.31. The van der Waals surface area contributed by atoms with E-state index in [-0.39, 0.29) is 17.9 Å². The molecule has 8 heteroatoms. The van der Waals surface area contributed by atoms with Crippen molar-refractivity contribution < 1.29 is 4.79 Å². The summed E-state index contributed by atoms with van der Waals surface area (Å²) in [4.78, 5) is 26.7. The molecule has 0 radical (unpaired) electrons. The van der Waals surface area contributed by atoms with Crippen LogP contribution in [0.25, 0.3) is 11.2 Å². The number of aromatic amines is 1. The fraction of sp³-hybridized carbons (Fsp3) is 0.381. The molecule has 2 atom stereocenters. The molecule has 1 aliphatic rings. The number of carbonyl (C=O) groups excluding carboxylic acids is 1. The van der Waals surface area contributed by atoms with Crippen LogP contribution in [-0.2, 0) is 11.3 Å². The maximum Gasteiger partial charge on any atom is 0.219 e. The minimum absolute atomic E-state index is 0.0414. The van der Waals surface area contributed by atoms with Crippen LogP contribution >= 0.6 is 34.8 Å². The number of fused-ring (bicyclic) bond motifs is 1. The van der Waals surface area contributed by atoms with Crippen molar-refractivity contribution in [3.05, 3.63) is 56.9 Å². The average molecular weight is 452 g/mol. The zero-order valence-electron chi connectivity index (χ0n) is 16.0. The summed E-state index contributed by atoms with van der Waals surface area (Å²) >= 11 is 18.3. The first-order valence-corrected chi connectivity index (χ1v) is 10.8.